The molecule has 3 aliphatic carbocycles. The highest BCUT2D eigenvalue weighted by molar-refractivity contribution is 5.63. The number of hydrogen-bond donors (Lipinski definition) is 1. The average Bonchev–Trinajstić information content (AvgIpc) is 3.33. The molecule has 3 heterocycles. The molecule has 1 saturated heterocycles. The van der Waals surface area contributed by atoms with Gasteiger partial charge in [0, 0.05) is 43.1 Å². The van der Waals surface area contributed by atoms with Gasteiger partial charge in [-0.3, -0.25) is 4.90 Å². The van der Waals surface area contributed by atoms with Crippen LogP contribution in [0, 0.1) is 5.41 Å². The van der Waals surface area contributed by atoms with Crippen molar-refractivity contribution in [2.75, 3.05) is 32.0 Å². The van der Waals surface area contributed by atoms with Crippen molar-refractivity contribution in [2.24, 2.45) is 5.41 Å². The summed E-state index contributed by atoms with van der Waals surface area (Å²) in [5, 5.41) is 0. The van der Waals surface area contributed by atoms with Gasteiger partial charge >= 0.3 is 6.36 Å². The maximum absolute atomic E-state index is 12.9. The summed E-state index contributed by atoms with van der Waals surface area (Å²) in [7, 11) is 0. The minimum atomic E-state index is -4.87. The first-order valence-electron chi connectivity index (χ1n) is 14.7. The molecule has 8 nitrogen and oxygen atoms in total. The van der Waals surface area contributed by atoms with E-state index in [-0.39, 0.29) is 12.4 Å². The van der Waals surface area contributed by atoms with Crippen LogP contribution in [0.4, 0.5) is 19.0 Å². The molecule has 1 aromatic carbocycles. The summed E-state index contributed by atoms with van der Waals surface area (Å²) in [4.78, 5) is 11.3. The number of benzene rings is 1. The van der Waals surface area contributed by atoms with Crippen LogP contribution in [0.1, 0.15) is 56.3 Å². The van der Waals surface area contributed by atoms with E-state index in [1.54, 1.807) is 0 Å². The predicted molar refractivity (Wildman–Crippen MR) is 151 cm³/mol. The van der Waals surface area contributed by atoms with Crippen molar-refractivity contribution in [3.05, 3.63) is 60.2 Å². The van der Waals surface area contributed by atoms with Gasteiger partial charge in [-0.15, -0.1) is 13.2 Å². The van der Waals surface area contributed by atoms with E-state index in [1.165, 1.54) is 44.4 Å². The van der Waals surface area contributed by atoms with Crippen molar-refractivity contribution in [3.63, 3.8) is 0 Å². The first kappa shape index (κ1) is 28.9. The molecular weight excluding hydrogens is 547 g/mol. The fourth-order valence-electron chi connectivity index (χ4n) is 7.07. The molecule has 11 heteroatoms. The van der Waals surface area contributed by atoms with Crippen molar-refractivity contribution in [1.29, 1.82) is 0 Å². The molecule has 0 unspecified atom stereocenters. The van der Waals surface area contributed by atoms with E-state index in [1.807, 2.05) is 41.1 Å². The molecular formula is C31H38F3N5O3. The van der Waals surface area contributed by atoms with Crippen LogP contribution in [0.5, 0.6) is 5.75 Å². The minimum absolute atomic E-state index is 0.274. The maximum atomic E-state index is 12.9. The smallest absolute Gasteiger partial charge is 0.402 e. The summed E-state index contributed by atoms with van der Waals surface area (Å²) in [5.74, 6) is -0.162. The van der Waals surface area contributed by atoms with E-state index >= 15 is 0 Å². The molecule has 0 atom stereocenters. The van der Waals surface area contributed by atoms with Crippen molar-refractivity contribution in [2.45, 2.75) is 76.6 Å². The van der Waals surface area contributed by atoms with Crippen LogP contribution in [0.25, 0.3) is 11.3 Å². The number of halogens is 3. The lowest BCUT2D eigenvalue weighted by Gasteiger charge is -2.75. The highest BCUT2D eigenvalue weighted by Gasteiger charge is 2.69. The number of pyridine rings is 1. The van der Waals surface area contributed by atoms with Crippen molar-refractivity contribution in [3.8, 4) is 17.0 Å². The monoisotopic (exact) mass is 585 g/mol. The fourth-order valence-corrected chi connectivity index (χ4v) is 7.07. The Kier molecular flexibility index (Phi) is 8.17. The molecule has 3 aromatic rings. The Labute approximate surface area is 244 Å². The number of nitrogens with zero attached hydrogens (tertiary/aromatic N) is 4. The zero-order chi connectivity index (χ0) is 29.2. The third-order valence-electron chi connectivity index (χ3n) is 9.01. The van der Waals surface area contributed by atoms with Crippen LogP contribution in [-0.4, -0.2) is 57.6 Å². The van der Waals surface area contributed by atoms with E-state index in [9.17, 15) is 13.2 Å². The SMILES string of the molecule is Nc1ncc(-c2cn(CCCCCC34CC(N5CCOCC5)(C3)C4)c(COCc3ccccc3)n2)cc1OC(F)(F)F. The third kappa shape index (κ3) is 6.43. The van der Waals surface area contributed by atoms with Gasteiger partial charge in [0.25, 0.3) is 0 Å². The Balaban J connectivity index is 1.05. The first-order chi connectivity index (χ1) is 20.2. The van der Waals surface area contributed by atoms with Gasteiger partial charge in [-0.05, 0) is 49.1 Å². The van der Waals surface area contributed by atoms with Gasteiger partial charge in [0.15, 0.2) is 11.6 Å². The number of imidazole rings is 1. The number of alkyl halides is 3. The molecule has 4 aliphatic rings. The molecule has 42 heavy (non-hydrogen) atoms. The summed E-state index contributed by atoms with van der Waals surface area (Å²) in [6.07, 6.45) is 6.96. The second-order valence-corrected chi connectivity index (χ2v) is 12.0. The number of rotatable bonds is 13. The van der Waals surface area contributed by atoms with E-state index in [0.717, 1.165) is 51.3 Å². The number of morpholine rings is 1. The summed E-state index contributed by atoms with van der Waals surface area (Å²) in [6, 6.07) is 11.1. The summed E-state index contributed by atoms with van der Waals surface area (Å²) < 4.78 is 56.2. The number of aryl methyl sites for hydroxylation is 1. The number of hydrogen-bond acceptors (Lipinski definition) is 7. The summed E-state index contributed by atoms with van der Waals surface area (Å²) in [6.45, 7) is 5.33. The predicted octanol–water partition coefficient (Wildman–Crippen LogP) is 5.96. The van der Waals surface area contributed by atoms with Gasteiger partial charge in [0.2, 0.25) is 0 Å². The van der Waals surface area contributed by atoms with Crippen LogP contribution in [0.15, 0.2) is 48.8 Å². The zero-order valence-corrected chi connectivity index (χ0v) is 23.7. The molecule has 226 valence electrons. The Bertz CT molecular complexity index is 1340. The number of aromatic nitrogens is 3. The number of anilines is 1. The zero-order valence-electron chi connectivity index (χ0n) is 23.7. The van der Waals surface area contributed by atoms with Gasteiger partial charge in [-0.1, -0.05) is 43.2 Å². The van der Waals surface area contributed by atoms with E-state index in [0.29, 0.717) is 34.6 Å². The number of nitrogen functional groups attached to an aromatic ring is 1. The third-order valence-corrected chi connectivity index (χ3v) is 9.01. The minimum Gasteiger partial charge on any atom is -0.402 e. The van der Waals surface area contributed by atoms with Gasteiger partial charge in [-0.2, -0.15) is 0 Å². The number of nitrogens with two attached hydrogens (primary N) is 1. The lowest BCUT2D eigenvalue weighted by Crippen LogP contribution is -2.75. The Morgan fingerprint density at radius 3 is 2.50 bits per heavy atom. The molecule has 2 aromatic heterocycles. The molecule has 2 bridgehead atoms. The van der Waals surface area contributed by atoms with Crippen LogP contribution in [0.3, 0.4) is 0 Å². The molecule has 2 N–H and O–H groups in total. The first-order valence-corrected chi connectivity index (χ1v) is 14.7. The van der Waals surface area contributed by atoms with Crippen LogP contribution in [-0.2, 0) is 29.2 Å². The Morgan fingerprint density at radius 2 is 1.76 bits per heavy atom. The van der Waals surface area contributed by atoms with Crippen molar-refractivity contribution >= 4 is 5.82 Å². The molecule has 0 amide bonds. The van der Waals surface area contributed by atoms with Crippen LogP contribution < -0.4 is 10.5 Å². The van der Waals surface area contributed by atoms with Gasteiger partial charge in [0.05, 0.1) is 25.5 Å². The van der Waals surface area contributed by atoms with Crippen LogP contribution in [0.2, 0.25) is 0 Å². The Morgan fingerprint density at radius 1 is 1.00 bits per heavy atom. The molecule has 0 spiro atoms. The highest BCUT2D eigenvalue weighted by atomic mass is 19.4. The van der Waals surface area contributed by atoms with E-state index in [4.69, 9.17) is 20.2 Å². The van der Waals surface area contributed by atoms with E-state index < -0.39 is 12.1 Å². The van der Waals surface area contributed by atoms with Gasteiger partial charge in [0.1, 0.15) is 12.4 Å². The Hall–Kier alpha value is -3.15. The summed E-state index contributed by atoms with van der Waals surface area (Å²) in [5.41, 5.74) is 8.59. The molecule has 0 radical (unpaired) electrons. The molecule has 3 saturated carbocycles. The number of ether oxygens (including phenoxy) is 3. The highest BCUT2D eigenvalue weighted by Crippen LogP contribution is 2.71. The largest absolute Gasteiger partial charge is 0.573 e. The van der Waals surface area contributed by atoms with Crippen molar-refractivity contribution in [1.82, 2.24) is 19.4 Å². The quantitative estimate of drug-likeness (QED) is 0.248. The molecule has 4 fully saturated rings. The topological polar surface area (TPSA) is 87.7 Å². The van der Waals surface area contributed by atoms with Gasteiger partial charge < -0.3 is 24.5 Å². The summed E-state index contributed by atoms with van der Waals surface area (Å²) >= 11 is 0. The molecule has 1 aliphatic heterocycles. The normalized spacial score (nSPS) is 23.8. The lowest BCUT2D eigenvalue weighted by molar-refractivity contribution is -0.274. The van der Waals surface area contributed by atoms with Crippen LogP contribution >= 0.6 is 0 Å². The standard InChI is InChI=1S/C31H38F3N5O3/c32-31(33,34)42-26-15-24(16-36-28(26)35)25-17-38(27(37-25)19-41-18-23-7-3-1-4-8-23)10-6-2-5-9-29-20-30(21-29,22-29)39-11-13-40-14-12-39/h1,3-4,7-8,15-17H,2,5-6,9-14,18-22H2,(H2,35,36). The molecule has 7 rings (SSSR count). The maximum Gasteiger partial charge on any atom is 0.573 e. The number of unbranched alkanes of at least 4 members (excludes halogenated alkanes) is 2. The fraction of sp³-hybridized carbons (Fsp3) is 0.548. The van der Waals surface area contributed by atoms with E-state index in [2.05, 4.69) is 14.6 Å². The lowest BCUT2D eigenvalue weighted by atomic mass is 9.37. The second kappa shape index (κ2) is 11.9. The average molecular weight is 586 g/mol. The van der Waals surface area contributed by atoms with Crippen molar-refractivity contribution < 1.29 is 27.4 Å². The second-order valence-electron chi connectivity index (χ2n) is 12.0. The van der Waals surface area contributed by atoms with Gasteiger partial charge in [-0.25, -0.2) is 9.97 Å².